The Morgan fingerprint density at radius 3 is 2.47 bits per heavy atom. The predicted octanol–water partition coefficient (Wildman–Crippen LogP) is 5.41. The number of carbonyl (C=O) groups is 3. The fraction of sp³-hybridized carbons (Fsp3) is 0.0455. The SMILES string of the molecule is COc1ccc(N2C(=O)NC(=O)C(=Cc3ccc(Sc4ccc(Cl)cc4)o3)C2=O)cc1Cl. The largest absolute Gasteiger partial charge is 0.495 e. The van der Waals surface area contributed by atoms with Gasteiger partial charge in [-0.25, -0.2) is 9.69 Å². The third kappa shape index (κ3) is 4.52. The minimum atomic E-state index is -0.878. The van der Waals surface area contributed by atoms with Crippen LogP contribution in [0.25, 0.3) is 6.08 Å². The van der Waals surface area contributed by atoms with Gasteiger partial charge in [0.1, 0.15) is 17.1 Å². The fourth-order valence-electron chi connectivity index (χ4n) is 2.91. The lowest BCUT2D eigenvalue weighted by atomic mass is 10.1. The molecule has 4 rings (SSSR count). The smallest absolute Gasteiger partial charge is 0.335 e. The zero-order valence-corrected chi connectivity index (χ0v) is 18.8. The topological polar surface area (TPSA) is 88.8 Å². The number of anilines is 1. The molecular weight excluding hydrogens is 475 g/mol. The molecule has 1 aromatic heterocycles. The molecular formula is C22H14Cl2N2O5S. The van der Waals surface area contributed by atoms with Gasteiger partial charge in [-0.3, -0.25) is 14.9 Å². The number of nitrogens with zero attached hydrogens (tertiary/aromatic N) is 1. The summed E-state index contributed by atoms with van der Waals surface area (Å²) in [5, 5.41) is 3.54. The van der Waals surface area contributed by atoms with Crippen molar-refractivity contribution in [3.05, 3.63) is 76.0 Å². The van der Waals surface area contributed by atoms with Gasteiger partial charge in [0, 0.05) is 9.92 Å². The van der Waals surface area contributed by atoms with E-state index in [2.05, 4.69) is 5.32 Å². The minimum absolute atomic E-state index is 0.190. The van der Waals surface area contributed by atoms with E-state index in [1.165, 1.54) is 43.1 Å². The molecule has 0 spiro atoms. The van der Waals surface area contributed by atoms with Crippen molar-refractivity contribution in [2.24, 2.45) is 0 Å². The Balaban J connectivity index is 1.60. The molecule has 0 radical (unpaired) electrons. The number of methoxy groups -OCH3 is 1. The number of urea groups is 1. The lowest BCUT2D eigenvalue weighted by Crippen LogP contribution is -2.54. The summed E-state index contributed by atoms with van der Waals surface area (Å²) in [5.74, 6) is -0.960. The van der Waals surface area contributed by atoms with Crippen LogP contribution in [0.3, 0.4) is 0 Å². The summed E-state index contributed by atoms with van der Waals surface area (Å²) in [6.45, 7) is 0. The van der Waals surface area contributed by atoms with Gasteiger partial charge >= 0.3 is 6.03 Å². The van der Waals surface area contributed by atoms with Crippen LogP contribution in [0.4, 0.5) is 10.5 Å². The quantitative estimate of drug-likeness (QED) is 0.381. The van der Waals surface area contributed by atoms with Gasteiger partial charge < -0.3 is 9.15 Å². The van der Waals surface area contributed by atoms with Gasteiger partial charge in [-0.1, -0.05) is 35.0 Å². The molecule has 4 amide bonds. The van der Waals surface area contributed by atoms with E-state index in [1.54, 1.807) is 24.3 Å². The monoisotopic (exact) mass is 488 g/mol. The van der Waals surface area contributed by atoms with Crippen molar-refractivity contribution < 1.29 is 23.5 Å². The maximum absolute atomic E-state index is 13.0. The molecule has 3 aromatic rings. The Morgan fingerprint density at radius 2 is 1.78 bits per heavy atom. The first-order chi connectivity index (χ1) is 15.4. The second-order valence-electron chi connectivity index (χ2n) is 6.49. The summed E-state index contributed by atoms with van der Waals surface area (Å²) in [7, 11) is 1.45. The molecule has 1 N–H and O–H groups in total. The van der Waals surface area contributed by atoms with Gasteiger partial charge in [-0.2, -0.15) is 0 Å². The number of hydrogen-bond acceptors (Lipinski definition) is 6. The molecule has 162 valence electrons. The number of barbiturate groups is 1. The highest BCUT2D eigenvalue weighted by Crippen LogP contribution is 2.32. The number of rotatable bonds is 5. The van der Waals surface area contributed by atoms with Crippen LogP contribution in [-0.2, 0) is 9.59 Å². The second-order valence-corrected chi connectivity index (χ2v) is 8.41. The normalized spacial score (nSPS) is 15.3. The molecule has 0 atom stereocenters. The lowest BCUT2D eigenvalue weighted by Gasteiger charge is -2.26. The maximum atomic E-state index is 13.0. The van der Waals surface area contributed by atoms with E-state index in [-0.39, 0.29) is 22.0 Å². The molecule has 10 heteroatoms. The molecule has 0 bridgehead atoms. The van der Waals surface area contributed by atoms with Gasteiger partial charge in [-0.05, 0) is 60.7 Å². The van der Waals surface area contributed by atoms with Crippen molar-refractivity contribution >= 4 is 64.6 Å². The molecule has 0 aliphatic carbocycles. The zero-order chi connectivity index (χ0) is 22.8. The van der Waals surface area contributed by atoms with Crippen LogP contribution in [-0.4, -0.2) is 25.0 Å². The van der Waals surface area contributed by atoms with Crippen molar-refractivity contribution in [3.63, 3.8) is 0 Å². The second kappa shape index (κ2) is 9.12. The molecule has 0 unspecified atom stereocenters. The molecule has 7 nitrogen and oxygen atoms in total. The molecule has 1 fully saturated rings. The molecule has 32 heavy (non-hydrogen) atoms. The van der Waals surface area contributed by atoms with Crippen molar-refractivity contribution in [3.8, 4) is 5.75 Å². The molecule has 2 aromatic carbocycles. The van der Waals surface area contributed by atoms with Crippen molar-refractivity contribution in [1.82, 2.24) is 5.32 Å². The van der Waals surface area contributed by atoms with Crippen LogP contribution < -0.4 is 15.0 Å². The van der Waals surface area contributed by atoms with Crippen molar-refractivity contribution in [1.29, 1.82) is 0 Å². The van der Waals surface area contributed by atoms with E-state index >= 15 is 0 Å². The highest BCUT2D eigenvalue weighted by molar-refractivity contribution is 7.99. The van der Waals surface area contributed by atoms with E-state index < -0.39 is 17.8 Å². The number of imide groups is 2. The van der Waals surface area contributed by atoms with Crippen LogP contribution in [0.2, 0.25) is 10.0 Å². The van der Waals surface area contributed by atoms with E-state index in [1.807, 2.05) is 12.1 Å². The van der Waals surface area contributed by atoms with Crippen molar-refractivity contribution in [2.75, 3.05) is 12.0 Å². The summed E-state index contributed by atoms with van der Waals surface area (Å²) in [6.07, 6.45) is 1.29. The predicted molar refractivity (Wildman–Crippen MR) is 121 cm³/mol. The van der Waals surface area contributed by atoms with Gasteiger partial charge in [0.05, 0.1) is 17.8 Å². The Hall–Kier alpha value is -3.20. The van der Waals surface area contributed by atoms with Crippen LogP contribution in [0.15, 0.2) is 74.6 Å². The van der Waals surface area contributed by atoms with E-state index in [9.17, 15) is 14.4 Å². The summed E-state index contributed by atoms with van der Waals surface area (Å²) in [5.41, 5.74) is -0.0657. The molecule has 1 aliphatic rings. The number of carbonyl (C=O) groups excluding carboxylic acids is 3. The zero-order valence-electron chi connectivity index (χ0n) is 16.4. The number of benzene rings is 2. The third-order valence-corrected chi connectivity index (χ3v) is 5.89. The Morgan fingerprint density at radius 1 is 1.03 bits per heavy atom. The van der Waals surface area contributed by atoms with Gasteiger partial charge in [0.25, 0.3) is 11.8 Å². The van der Waals surface area contributed by atoms with Crippen LogP contribution in [0, 0.1) is 0 Å². The highest BCUT2D eigenvalue weighted by atomic mass is 35.5. The summed E-state index contributed by atoms with van der Waals surface area (Å²) < 4.78 is 10.8. The standard InChI is InChI=1S/C22H14Cl2N2O5S/c1-30-18-8-4-13(10-17(18)24)26-21(28)16(20(27)25-22(26)29)11-14-5-9-19(31-14)32-15-6-2-12(23)3-7-15/h2-11H,1H3,(H,25,27,29). The van der Waals surface area contributed by atoms with Crippen LogP contribution in [0.5, 0.6) is 5.75 Å². The highest BCUT2D eigenvalue weighted by Gasteiger charge is 2.37. The Bertz CT molecular complexity index is 1250. The van der Waals surface area contributed by atoms with E-state index in [0.717, 1.165) is 9.80 Å². The van der Waals surface area contributed by atoms with E-state index in [4.69, 9.17) is 32.4 Å². The first kappa shape index (κ1) is 22.0. The average Bonchev–Trinajstić information content (AvgIpc) is 3.20. The van der Waals surface area contributed by atoms with Crippen LogP contribution >= 0.6 is 35.0 Å². The third-order valence-electron chi connectivity index (χ3n) is 4.42. The van der Waals surface area contributed by atoms with Gasteiger partial charge in [0.2, 0.25) is 0 Å². The molecule has 0 saturated carbocycles. The van der Waals surface area contributed by atoms with E-state index in [0.29, 0.717) is 15.9 Å². The molecule has 2 heterocycles. The first-order valence-corrected chi connectivity index (χ1v) is 10.7. The number of ether oxygens (including phenoxy) is 1. The number of amides is 4. The fourth-order valence-corrected chi connectivity index (χ4v) is 4.07. The summed E-state index contributed by atoms with van der Waals surface area (Å²) >= 11 is 13.4. The number of halogens is 2. The lowest BCUT2D eigenvalue weighted by molar-refractivity contribution is -0.122. The van der Waals surface area contributed by atoms with Gasteiger partial charge in [-0.15, -0.1) is 0 Å². The molecule has 1 aliphatic heterocycles. The van der Waals surface area contributed by atoms with Crippen molar-refractivity contribution in [2.45, 2.75) is 9.99 Å². The van der Waals surface area contributed by atoms with Gasteiger partial charge in [0.15, 0.2) is 5.09 Å². The summed E-state index contributed by atoms with van der Waals surface area (Å²) in [6, 6.07) is 14.1. The average molecular weight is 489 g/mol. The van der Waals surface area contributed by atoms with Crippen LogP contribution in [0.1, 0.15) is 5.76 Å². The molecule has 1 saturated heterocycles. The minimum Gasteiger partial charge on any atom is -0.495 e. The number of nitrogens with one attached hydrogen (secondary N) is 1. The first-order valence-electron chi connectivity index (χ1n) is 9.14. The maximum Gasteiger partial charge on any atom is 0.335 e. The Kier molecular flexibility index (Phi) is 6.27. The number of furan rings is 1. The summed E-state index contributed by atoms with van der Waals surface area (Å²) in [4.78, 5) is 39.4. The Labute approximate surface area is 196 Å². The number of hydrogen-bond donors (Lipinski definition) is 1.